The maximum atomic E-state index is 14.0. The van der Waals surface area contributed by atoms with Crippen molar-refractivity contribution in [2.45, 2.75) is 18.9 Å². The summed E-state index contributed by atoms with van der Waals surface area (Å²) < 4.78 is 3.43. The number of anilines is 3. The minimum Gasteiger partial charge on any atom is -0.322 e. The zero-order valence-corrected chi connectivity index (χ0v) is 23.8. The quantitative estimate of drug-likeness (QED) is 0.247. The minimum absolute atomic E-state index is 0.265. The van der Waals surface area contributed by atoms with Crippen molar-refractivity contribution in [3.8, 4) is 16.8 Å². The van der Waals surface area contributed by atoms with Gasteiger partial charge in [-0.05, 0) is 68.9 Å². The topological polar surface area (TPSA) is 110 Å². The second-order valence-electron chi connectivity index (χ2n) is 10.3. The third kappa shape index (κ3) is 5.54. The lowest BCUT2D eigenvalue weighted by Crippen LogP contribution is -2.31. The van der Waals surface area contributed by atoms with Gasteiger partial charge in [-0.2, -0.15) is 10.1 Å². The molecule has 1 aliphatic heterocycles. The van der Waals surface area contributed by atoms with Gasteiger partial charge in [0.05, 0.1) is 23.6 Å². The molecule has 0 spiro atoms. The van der Waals surface area contributed by atoms with E-state index in [0.29, 0.717) is 38.8 Å². The molecule has 6 rings (SSSR count). The van der Waals surface area contributed by atoms with E-state index in [-0.39, 0.29) is 23.5 Å². The molecular weight excluding hydrogens is 552 g/mol. The Morgan fingerprint density at radius 3 is 2.64 bits per heavy atom. The van der Waals surface area contributed by atoms with Crippen molar-refractivity contribution >= 4 is 45.9 Å². The highest BCUT2D eigenvalue weighted by atomic mass is 35.5. The van der Waals surface area contributed by atoms with Crippen LogP contribution in [0.3, 0.4) is 0 Å². The lowest BCUT2D eigenvalue weighted by molar-refractivity contribution is -0.111. The standard InChI is InChI=1S/C31H29ClN8O2/c1-3-27(41)34-22-10-7-11-24(17-22)40-29-21(16-25(30(40)42)20-8-5-4-6-9-20)18-33-31(36-29)35-26-19-39(37-28(26)32)23-12-14-38(2)15-13-23/h3-11,16-19,23H,1,12-15H2,2H3,(H,34,41)(H,33,35,36). The zero-order valence-electron chi connectivity index (χ0n) is 23.0. The molecule has 1 amide bonds. The van der Waals surface area contributed by atoms with E-state index in [2.05, 4.69) is 39.2 Å². The Hall–Kier alpha value is -4.80. The lowest BCUT2D eigenvalue weighted by Gasteiger charge is -2.28. The second kappa shape index (κ2) is 11.6. The maximum Gasteiger partial charge on any atom is 0.264 e. The Morgan fingerprint density at radius 2 is 1.88 bits per heavy atom. The molecule has 10 nitrogen and oxygen atoms in total. The first-order chi connectivity index (χ1) is 20.4. The lowest BCUT2D eigenvalue weighted by atomic mass is 10.1. The molecule has 0 radical (unpaired) electrons. The van der Waals surface area contributed by atoms with E-state index in [1.165, 1.54) is 10.6 Å². The van der Waals surface area contributed by atoms with Gasteiger partial charge in [0.1, 0.15) is 0 Å². The molecule has 5 aromatic rings. The van der Waals surface area contributed by atoms with Crippen LogP contribution in [0.5, 0.6) is 0 Å². The average molecular weight is 581 g/mol. The Morgan fingerprint density at radius 1 is 1.10 bits per heavy atom. The molecule has 1 aliphatic rings. The highest BCUT2D eigenvalue weighted by molar-refractivity contribution is 6.32. The Bertz CT molecular complexity index is 1840. The fourth-order valence-electron chi connectivity index (χ4n) is 5.16. The molecule has 4 heterocycles. The molecule has 1 saturated heterocycles. The first-order valence-corrected chi connectivity index (χ1v) is 14.0. The summed E-state index contributed by atoms with van der Waals surface area (Å²) in [6.45, 7) is 5.51. The molecule has 2 N–H and O–H groups in total. The summed E-state index contributed by atoms with van der Waals surface area (Å²) in [5, 5.41) is 11.5. The van der Waals surface area contributed by atoms with Gasteiger partial charge in [0, 0.05) is 22.8 Å². The Balaban J connectivity index is 1.43. The van der Waals surface area contributed by atoms with Crippen LogP contribution in [-0.2, 0) is 4.79 Å². The fraction of sp³-hybridized carbons (Fsp3) is 0.194. The van der Waals surface area contributed by atoms with Gasteiger partial charge in [0.2, 0.25) is 11.9 Å². The number of carbonyl (C=O) groups is 1. The number of rotatable bonds is 7. The van der Waals surface area contributed by atoms with Crippen LogP contribution in [-0.4, -0.2) is 55.3 Å². The number of fused-ring (bicyclic) bond motifs is 1. The summed E-state index contributed by atoms with van der Waals surface area (Å²) in [5.41, 5.74) is 3.02. The van der Waals surface area contributed by atoms with Crippen molar-refractivity contribution in [3.63, 3.8) is 0 Å². The van der Waals surface area contributed by atoms with E-state index in [0.717, 1.165) is 31.5 Å². The number of carbonyl (C=O) groups excluding carboxylic acids is 1. The number of pyridine rings is 1. The third-order valence-electron chi connectivity index (χ3n) is 7.38. The van der Waals surface area contributed by atoms with E-state index < -0.39 is 0 Å². The van der Waals surface area contributed by atoms with Gasteiger partial charge in [-0.3, -0.25) is 18.8 Å². The van der Waals surface area contributed by atoms with E-state index in [4.69, 9.17) is 16.6 Å². The molecular formula is C31H29ClN8O2. The number of benzene rings is 2. The number of nitrogens with one attached hydrogen (secondary N) is 2. The second-order valence-corrected chi connectivity index (χ2v) is 10.6. The number of likely N-dealkylation sites (tertiary alicyclic amines) is 1. The SMILES string of the molecule is C=CC(=O)Nc1cccc(-n2c(=O)c(-c3ccccc3)cc3cnc(Nc4cn(C5CCN(C)CC5)nc4Cl)nc32)c1. The van der Waals surface area contributed by atoms with Crippen LogP contribution in [0.2, 0.25) is 5.15 Å². The number of amides is 1. The zero-order chi connectivity index (χ0) is 29.2. The number of aromatic nitrogens is 5. The maximum absolute atomic E-state index is 14.0. The van der Waals surface area contributed by atoms with Crippen LogP contribution in [0.1, 0.15) is 18.9 Å². The first kappa shape index (κ1) is 27.4. The Labute approximate surface area is 247 Å². The van der Waals surface area contributed by atoms with Crippen molar-refractivity contribution < 1.29 is 4.79 Å². The number of hydrogen-bond donors (Lipinski definition) is 2. The van der Waals surface area contributed by atoms with Crippen LogP contribution >= 0.6 is 11.6 Å². The predicted molar refractivity (Wildman–Crippen MR) is 166 cm³/mol. The van der Waals surface area contributed by atoms with Gasteiger partial charge in [0.25, 0.3) is 5.56 Å². The summed E-state index contributed by atoms with van der Waals surface area (Å²) in [4.78, 5) is 37.6. The van der Waals surface area contributed by atoms with Gasteiger partial charge < -0.3 is 15.5 Å². The third-order valence-corrected chi connectivity index (χ3v) is 7.66. The van der Waals surface area contributed by atoms with Crippen LogP contribution in [0.15, 0.2) is 90.5 Å². The number of nitrogens with zero attached hydrogens (tertiary/aromatic N) is 6. The van der Waals surface area contributed by atoms with Crippen LogP contribution < -0.4 is 16.2 Å². The molecule has 0 bridgehead atoms. The van der Waals surface area contributed by atoms with Crippen molar-refractivity contribution in [1.82, 2.24) is 29.2 Å². The summed E-state index contributed by atoms with van der Waals surface area (Å²) in [5.74, 6) is -0.0853. The molecule has 11 heteroatoms. The van der Waals surface area contributed by atoms with Crippen molar-refractivity contribution in [3.05, 3.63) is 101 Å². The molecule has 0 saturated carbocycles. The summed E-state index contributed by atoms with van der Waals surface area (Å²) in [6.07, 6.45) is 6.72. The van der Waals surface area contributed by atoms with Crippen LogP contribution in [0.4, 0.5) is 17.3 Å². The van der Waals surface area contributed by atoms with Gasteiger partial charge in [-0.1, -0.05) is 54.6 Å². The smallest absolute Gasteiger partial charge is 0.264 e. The van der Waals surface area contributed by atoms with E-state index in [9.17, 15) is 9.59 Å². The number of piperidine rings is 1. The molecule has 2 aromatic carbocycles. The number of hydrogen-bond acceptors (Lipinski definition) is 7. The highest BCUT2D eigenvalue weighted by Gasteiger charge is 2.21. The van der Waals surface area contributed by atoms with E-state index in [1.54, 1.807) is 36.5 Å². The Kier molecular flexibility index (Phi) is 7.56. The summed E-state index contributed by atoms with van der Waals surface area (Å²) in [6, 6.07) is 18.5. The highest BCUT2D eigenvalue weighted by Crippen LogP contribution is 2.29. The minimum atomic E-state index is -0.353. The number of halogens is 1. The van der Waals surface area contributed by atoms with Gasteiger partial charge >= 0.3 is 0 Å². The van der Waals surface area contributed by atoms with E-state index in [1.807, 2.05) is 41.2 Å². The fourth-order valence-corrected chi connectivity index (χ4v) is 5.34. The molecule has 212 valence electrons. The molecule has 0 aliphatic carbocycles. The predicted octanol–water partition coefficient (Wildman–Crippen LogP) is 5.43. The molecule has 1 fully saturated rings. The first-order valence-electron chi connectivity index (χ1n) is 13.6. The molecule has 3 aromatic heterocycles. The van der Waals surface area contributed by atoms with Gasteiger partial charge in [-0.25, -0.2) is 4.98 Å². The molecule has 0 atom stereocenters. The van der Waals surface area contributed by atoms with E-state index >= 15 is 0 Å². The van der Waals surface area contributed by atoms with Crippen LogP contribution in [0, 0.1) is 0 Å². The van der Waals surface area contributed by atoms with Crippen molar-refractivity contribution in [1.29, 1.82) is 0 Å². The molecule has 42 heavy (non-hydrogen) atoms. The summed E-state index contributed by atoms with van der Waals surface area (Å²) >= 11 is 6.52. The van der Waals surface area contributed by atoms with Crippen molar-refractivity contribution in [2.75, 3.05) is 30.8 Å². The molecule has 0 unspecified atom stereocenters. The van der Waals surface area contributed by atoms with Gasteiger partial charge in [-0.15, -0.1) is 0 Å². The summed E-state index contributed by atoms with van der Waals surface area (Å²) in [7, 11) is 2.12. The van der Waals surface area contributed by atoms with Crippen molar-refractivity contribution in [2.24, 2.45) is 0 Å². The average Bonchev–Trinajstić information content (AvgIpc) is 3.37. The van der Waals surface area contributed by atoms with Crippen LogP contribution in [0.25, 0.3) is 27.8 Å². The van der Waals surface area contributed by atoms with Gasteiger partial charge in [0.15, 0.2) is 10.8 Å². The monoisotopic (exact) mass is 580 g/mol. The largest absolute Gasteiger partial charge is 0.322 e. The normalized spacial score (nSPS) is 14.1.